The monoisotopic (exact) mass is 845 g/mol. The van der Waals surface area contributed by atoms with E-state index >= 15 is 0 Å². The molecule has 66 heavy (non-hydrogen) atoms. The maximum absolute atomic E-state index is 5.96. The Morgan fingerprint density at radius 3 is 1.35 bits per heavy atom. The maximum atomic E-state index is 5.96. The molecule has 14 rings (SSSR count). The smallest absolute Gasteiger partial charge is 0.133 e. The van der Waals surface area contributed by atoms with Crippen LogP contribution < -0.4 is 4.90 Å². The van der Waals surface area contributed by atoms with Crippen molar-refractivity contribution in [2.75, 3.05) is 4.90 Å². The van der Waals surface area contributed by atoms with E-state index in [1.165, 1.54) is 102 Å². The first-order valence-electron chi connectivity index (χ1n) is 23.8. The largest absolute Gasteiger partial charge is 0.464 e. The number of rotatable bonds is 7. The highest BCUT2D eigenvalue weighted by molar-refractivity contribution is 5.94. The van der Waals surface area contributed by atoms with Gasteiger partial charge in [0.25, 0.3) is 0 Å². The van der Waals surface area contributed by atoms with E-state index in [1.54, 1.807) is 6.26 Å². The molecule has 0 bridgehead atoms. The van der Waals surface area contributed by atoms with Gasteiger partial charge in [-0.25, -0.2) is 0 Å². The minimum Gasteiger partial charge on any atom is -0.464 e. The average molecular weight is 846 g/mol. The SMILES string of the molecule is c1ccc(C2(c3cccc4c3CCC4)c3ccccc3-c3ccc(N(c4ccc5c(c4)C(c4ccccc4)(c4cccc6c4CCC6)c4ccccc4-5)c4ccc5occc5c4)cc32)cc1. The van der Waals surface area contributed by atoms with Crippen molar-refractivity contribution in [1.82, 2.24) is 0 Å². The Morgan fingerprint density at radius 2 is 0.803 bits per heavy atom. The molecule has 4 aliphatic rings. The zero-order chi connectivity index (χ0) is 43.4. The lowest BCUT2D eigenvalue weighted by Crippen LogP contribution is -2.30. The van der Waals surface area contributed by atoms with Crippen LogP contribution in [0.1, 0.15) is 79.6 Å². The lowest BCUT2D eigenvalue weighted by atomic mass is 9.66. The topological polar surface area (TPSA) is 16.4 Å². The molecule has 0 fully saturated rings. The van der Waals surface area contributed by atoms with Gasteiger partial charge in [-0.15, -0.1) is 0 Å². The van der Waals surface area contributed by atoms with Crippen LogP contribution in [-0.4, -0.2) is 0 Å². The van der Waals surface area contributed by atoms with Crippen LogP contribution in [0.15, 0.2) is 217 Å². The summed E-state index contributed by atoms with van der Waals surface area (Å²) < 4.78 is 5.96. The molecule has 9 aromatic carbocycles. The fourth-order valence-electron chi connectivity index (χ4n) is 13.2. The highest BCUT2D eigenvalue weighted by Crippen LogP contribution is 2.61. The third-order valence-electron chi connectivity index (χ3n) is 15.8. The summed E-state index contributed by atoms with van der Waals surface area (Å²) in [5, 5.41) is 1.08. The van der Waals surface area contributed by atoms with Crippen molar-refractivity contribution in [3.05, 3.63) is 279 Å². The Labute approximate surface area is 386 Å². The lowest BCUT2D eigenvalue weighted by molar-refractivity contribution is 0.616. The summed E-state index contributed by atoms with van der Waals surface area (Å²) in [6.07, 6.45) is 8.63. The van der Waals surface area contributed by atoms with E-state index in [4.69, 9.17) is 4.42 Å². The number of fused-ring (bicyclic) bond motifs is 9. The molecule has 0 saturated heterocycles. The Hall–Kier alpha value is -7.68. The van der Waals surface area contributed by atoms with E-state index < -0.39 is 10.8 Å². The first-order chi connectivity index (χ1) is 32.7. The molecule has 314 valence electrons. The van der Waals surface area contributed by atoms with E-state index in [2.05, 4.69) is 211 Å². The van der Waals surface area contributed by atoms with Gasteiger partial charge in [0, 0.05) is 22.4 Å². The van der Waals surface area contributed by atoms with Gasteiger partial charge in [-0.05, 0) is 176 Å². The fourth-order valence-corrected chi connectivity index (χ4v) is 13.2. The van der Waals surface area contributed by atoms with Crippen LogP contribution in [-0.2, 0) is 36.5 Å². The third-order valence-corrected chi connectivity index (χ3v) is 15.8. The zero-order valence-corrected chi connectivity index (χ0v) is 36.8. The van der Waals surface area contributed by atoms with Crippen LogP contribution in [0.4, 0.5) is 17.1 Å². The number of hydrogen-bond acceptors (Lipinski definition) is 2. The maximum Gasteiger partial charge on any atom is 0.133 e. The summed E-state index contributed by atoms with van der Waals surface area (Å²) in [5.41, 5.74) is 25.2. The van der Waals surface area contributed by atoms with E-state index in [0.29, 0.717) is 0 Å². The van der Waals surface area contributed by atoms with Gasteiger partial charge in [0.1, 0.15) is 5.58 Å². The highest BCUT2D eigenvalue weighted by atomic mass is 16.3. The van der Waals surface area contributed by atoms with E-state index in [1.807, 2.05) is 0 Å². The van der Waals surface area contributed by atoms with Crippen LogP contribution in [0, 0.1) is 0 Å². The summed E-state index contributed by atoms with van der Waals surface area (Å²) in [6.45, 7) is 0. The Balaban J connectivity index is 1.06. The summed E-state index contributed by atoms with van der Waals surface area (Å²) in [6, 6.07) is 78.6. The Morgan fingerprint density at radius 1 is 0.348 bits per heavy atom. The summed E-state index contributed by atoms with van der Waals surface area (Å²) in [5.74, 6) is 0. The Bertz CT molecular complexity index is 3360. The second kappa shape index (κ2) is 14.4. The van der Waals surface area contributed by atoms with Gasteiger partial charge >= 0.3 is 0 Å². The van der Waals surface area contributed by atoms with Crippen molar-refractivity contribution in [3.8, 4) is 22.3 Å². The lowest BCUT2D eigenvalue weighted by Gasteiger charge is -2.37. The molecule has 0 amide bonds. The van der Waals surface area contributed by atoms with Crippen LogP contribution in [0.5, 0.6) is 0 Å². The Kier molecular flexibility index (Phi) is 8.23. The van der Waals surface area contributed by atoms with E-state index in [9.17, 15) is 0 Å². The summed E-state index contributed by atoms with van der Waals surface area (Å²) in [7, 11) is 0. The van der Waals surface area contributed by atoms with Crippen LogP contribution in [0.3, 0.4) is 0 Å². The van der Waals surface area contributed by atoms with Crippen molar-refractivity contribution in [2.45, 2.75) is 49.4 Å². The number of nitrogens with zero attached hydrogens (tertiary/aromatic N) is 1. The van der Waals surface area contributed by atoms with Crippen molar-refractivity contribution < 1.29 is 4.42 Å². The number of anilines is 3. The first kappa shape index (κ1) is 37.7. The highest BCUT2D eigenvalue weighted by Gasteiger charge is 2.50. The quantitative estimate of drug-likeness (QED) is 0.159. The molecule has 4 aliphatic carbocycles. The van der Waals surface area contributed by atoms with Crippen LogP contribution in [0.2, 0.25) is 0 Å². The summed E-state index contributed by atoms with van der Waals surface area (Å²) >= 11 is 0. The van der Waals surface area contributed by atoms with Gasteiger partial charge in [0.05, 0.1) is 17.1 Å². The molecule has 2 atom stereocenters. The van der Waals surface area contributed by atoms with Crippen molar-refractivity contribution >= 4 is 28.0 Å². The predicted octanol–water partition coefficient (Wildman–Crippen LogP) is 15.6. The molecule has 1 aromatic heterocycles. The molecule has 0 N–H and O–H groups in total. The predicted molar refractivity (Wildman–Crippen MR) is 270 cm³/mol. The van der Waals surface area contributed by atoms with E-state index in [0.717, 1.165) is 53.7 Å². The van der Waals surface area contributed by atoms with E-state index in [-0.39, 0.29) is 0 Å². The van der Waals surface area contributed by atoms with Crippen LogP contribution >= 0.6 is 0 Å². The minimum absolute atomic E-state index is 0.505. The fraction of sp³-hybridized carbons (Fsp3) is 0.125. The number of furan rings is 1. The van der Waals surface area contributed by atoms with Gasteiger partial charge in [0.15, 0.2) is 0 Å². The van der Waals surface area contributed by atoms with Gasteiger partial charge in [-0.2, -0.15) is 0 Å². The molecule has 0 saturated carbocycles. The summed E-state index contributed by atoms with van der Waals surface area (Å²) in [4.78, 5) is 2.51. The van der Waals surface area contributed by atoms with Gasteiger partial charge < -0.3 is 9.32 Å². The van der Waals surface area contributed by atoms with Crippen molar-refractivity contribution in [3.63, 3.8) is 0 Å². The first-order valence-corrected chi connectivity index (χ1v) is 23.8. The molecule has 10 aromatic rings. The molecule has 2 unspecified atom stereocenters. The molecule has 2 heteroatoms. The van der Waals surface area contributed by atoms with Crippen molar-refractivity contribution in [2.24, 2.45) is 0 Å². The molecule has 2 nitrogen and oxygen atoms in total. The molecule has 0 radical (unpaired) electrons. The minimum atomic E-state index is -0.505. The second-order valence-corrected chi connectivity index (χ2v) is 18.9. The number of benzene rings is 9. The van der Waals surface area contributed by atoms with Crippen molar-refractivity contribution in [1.29, 1.82) is 0 Å². The van der Waals surface area contributed by atoms with Crippen LogP contribution in [0.25, 0.3) is 33.2 Å². The third kappa shape index (κ3) is 5.13. The van der Waals surface area contributed by atoms with Gasteiger partial charge in [-0.1, -0.05) is 158 Å². The standard InChI is InChI=1S/C64H47NO/c1-3-19-45(20-4-1)63(56-29-13-17-42-15-11-25-50(42)56)58-27-9-7-23-52(58)54-34-31-48(40-60(54)63)65(47-33-36-62-44(39-47)37-38-66-62)49-32-35-55-53-24-8-10-28-59(53)64(61(55)41-49,46-21-5-2-6-22-46)57-30-14-18-43-16-12-26-51(43)57/h1-10,13-14,17-24,27-41H,11-12,15-16,25-26H2. The van der Waals surface area contributed by atoms with Gasteiger partial charge in [-0.3, -0.25) is 0 Å². The second-order valence-electron chi connectivity index (χ2n) is 18.9. The molecular formula is C64H47NO. The molecule has 1 heterocycles. The zero-order valence-electron chi connectivity index (χ0n) is 36.8. The molecule has 0 spiro atoms. The number of hydrogen-bond donors (Lipinski definition) is 0. The van der Waals surface area contributed by atoms with Gasteiger partial charge in [0.2, 0.25) is 0 Å². The number of aryl methyl sites for hydroxylation is 2. The molecule has 0 aliphatic heterocycles. The molecular weight excluding hydrogens is 799 g/mol. The average Bonchev–Trinajstić information content (AvgIpc) is 4.24. The normalized spacial score (nSPS) is 18.4.